The number of carbonyl (C=O) groups is 1. The molecule has 4 heteroatoms. The van der Waals surface area contributed by atoms with E-state index in [2.05, 4.69) is 4.57 Å². The van der Waals surface area contributed by atoms with E-state index in [1.807, 2.05) is 18.3 Å². The van der Waals surface area contributed by atoms with E-state index in [1.165, 1.54) is 19.3 Å². The van der Waals surface area contributed by atoms with Crippen LogP contribution in [0.4, 0.5) is 0 Å². The Balaban J connectivity index is 1.79. The summed E-state index contributed by atoms with van der Waals surface area (Å²) in [5, 5.41) is 9.48. The molecular weight excluding hydrogens is 216 g/mol. The van der Waals surface area contributed by atoms with Gasteiger partial charge in [-0.1, -0.05) is 0 Å². The summed E-state index contributed by atoms with van der Waals surface area (Å²) >= 11 is 0. The standard InChI is InChI=1S/C13H18N2O2/c16-11-6-8-14(9-11)13(17)12-5-2-7-15(12)10-3-1-4-10/h2,5,7,10-11,16H,1,3-4,6,8-9H2. The minimum absolute atomic E-state index is 0.0680. The summed E-state index contributed by atoms with van der Waals surface area (Å²) in [4.78, 5) is 14.1. The zero-order valence-corrected chi connectivity index (χ0v) is 9.88. The van der Waals surface area contributed by atoms with Gasteiger partial charge in [0, 0.05) is 25.3 Å². The van der Waals surface area contributed by atoms with Crippen LogP contribution in [0.3, 0.4) is 0 Å². The molecule has 1 saturated carbocycles. The molecule has 4 nitrogen and oxygen atoms in total. The number of nitrogens with zero attached hydrogens (tertiary/aromatic N) is 2. The molecule has 0 aromatic carbocycles. The lowest BCUT2D eigenvalue weighted by atomic mass is 9.93. The van der Waals surface area contributed by atoms with Crippen LogP contribution in [0.25, 0.3) is 0 Å². The molecule has 2 aliphatic rings. The Kier molecular flexibility index (Phi) is 2.67. The van der Waals surface area contributed by atoms with Gasteiger partial charge in [-0.15, -0.1) is 0 Å². The Bertz CT molecular complexity index is 423. The second kappa shape index (κ2) is 4.18. The van der Waals surface area contributed by atoms with Crippen LogP contribution in [0.2, 0.25) is 0 Å². The highest BCUT2D eigenvalue weighted by Crippen LogP contribution is 2.33. The molecule has 1 saturated heterocycles. The van der Waals surface area contributed by atoms with E-state index < -0.39 is 0 Å². The first kappa shape index (κ1) is 10.8. The first-order valence-corrected chi connectivity index (χ1v) is 6.40. The molecule has 1 aromatic rings. The van der Waals surface area contributed by atoms with Gasteiger partial charge in [0.05, 0.1) is 6.10 Å². The normalized spacial score (nSPS) is 25.0. The average Bonchev–Trinajstić information content (AvgIpc) is 2.84. The zero-order valence-electron chi connectivity index (χ0n) is 9.88. The lowest BCUT2D eigenvalue weighted by Crippen LogP contribution is -2.32. The van der Waals surface area contributed by atoms with E-state index in [-0.39, 0.29) is 12.0 Å². The van der Waals surface area contributed by atoms with Crippen LogP contribution in [0.1, 0.15) is 42.2 Å². The maximum absolute atomic E-state index is 12.3. The van der Waals surface area contributed by atoms with Crippen LogP contribution in [-0.4, -0.2) is 39.7 Å². The summed E-state index contributed by atoms with van der Waals surface area (Å²) in [6.07, 6.45) is 5.99. The summed E-state index contributed by atoms with van der Waals surface area (Å²) in [6.45, 7) is 1.16. The molecule has 1 aliphatic heterocycles. The molecule has 2 heterocycles. The van der Waals surface area contributed by atoms with E-state index in [9.17, 15) is 9.90 Å². The number of hydrogen-bond acceptors (Lipinski definition) is 2. The fraction of sp³-hybridized carbons (Fsp3) is 0.615. The van der Waals surface area contributed by atoms with Crippen molar-refractivity contribution in [2.75, 3.05) is 13.1 Å². The quantitative estimate of drug-likeness (QED) is 0.841. The second-order valence-electron chi connectivity index (χ2n) is 5.08. The molecule has 0 spiro atoms. The van der Waals surface area contributed by atoms with Crippen molar-refractivity contribution in [3.05, 3.63) is 24.0 Å². The van der Waals surface area contributed by atoms with E-state index in [0.29, 0.717) is 25.6 Å². The molecule has 17 heavy (non-hydrogen) atoms. The molecule has 1 aromatic heterocycles. The number of likely N-dealkylation sites (tertiary alicyclic amines) is 1. The first-order chi connectivity index (χ1) is 8.25. The van der Waals surface area contributed by atoms with Crippen molar-refractivity contribution in [2.45, 2.75) is 37.8 Å². The van der Waals surface area contributed by atoms with Crippen LogP contribution >= 0.6 is 0 Å². The third kappa shape index (κ3) is 1.86. The topological polar surface area (TPSA) is 45.5 Å². The fourth-order valence-corrected chi connectivity index (χ4v) is 2.65. The number of hydrogen-bond donors (Lipinski definition) is 1. The minimum atomic E-state index is -0.342. The monoisotopic (exact) mass is 234 g/mol. The predicted octanol–water partition coefficient (Wildman–Crippen LogP) is 1.42. The second-order valence-corrected chi connectivity index (χ2v) is 5.08. The van der Waals surface area contributed by atoms with Crippen molar-refractivity contribution < 1.29 is 9.90 Å². The third-order valence-electron chi connectivity index (χ3n) is 3.92. The Morgan fingerprint density at radius 1 is 1.35 bits per heavy atom. The van der Waals surface area contributed by atoms with Crippen LogP contribution in [-0.2, 0) is 0 Å². The molecule has 0 radical (unpaired) electrons. The van der Waals surface area contributed by atoms with E-state index >= 15 is 0 Å². The summed E-state index contributed by atoms with van der Waals surface area (Å²) in [5.74, 6) is 0.0680. The molecule has 3 rings (SSSR count). The van der Waals surface area contributed by atoms with Crippen molar-refractivity contribution in [3.8, 4) is 0 Å². The number of amides is 1. The molecule has 1 aliphatic carbocycles. The number of β-amino-alcohol motifs (C(OH)–C–C–N with tert-alkyl or cyclic N) is 1. The third-order valence-corrected chi connectivity index (χ3v) is 3.92. The lowest BCUT2D eigenvalue weighted by molar-refractivity contribution is 0.0748. The van der Waals surface area contributed by atoms with Crippen LogP contribution in [0, 0.1) is 0 Å². The van der Waals surface area contributed by atoms with E-state index in [1.54, 1.807) is 4.90 Å². The predicted molar refractivity (Wildman–Crippen MR) is 63.8 cm³/mol. The zero-order chi connectivity index (χ0) is 11.8. The fourth-order valence-electron chi connectivity index (χ4n) is 2.65. The van der Waals surface area contributed by atoms with Crippen molar-refractivity contribution in [2.24, 2.45) is 0 Å². The van der Waals surface area contributed by atoms with Crippen molar-refractivity contribution >= 4 is 5.91 Å². The number of rotatable bonds is 2. The van der Waals surface area contributed by atoms with Gasteiger partial charge < -0.3 is 14.6 Å². The molecule has 1 N–H and O–H groups in total. The van der Waals surface area contributed by atoms with E-state index in [0.717, 1.165) is 5.69 Å². The van der Waals surface area contributed by atoms with Crippen LogP contribution in [0.5, 0.6) is 0 Å². The van der Waals surface area contributed by atoms with Crippen molar-refractivity contribution in [1.29, 1.82) is 0 Å². The molecule has 2 fully saturated rings. The number of aromatic nitrogens is 1. The maximum Gasteiger partial charge on any atom is 0.270 e. The van der Waals surface area contributed by atoms with Crippen LogP contribution < -0.4 is 0 Å². The van der Waals surface area contributed by atoms with Gasteiger partial charge in [0.15, 0.2) is 0 Å². The molecule has 1 unspecified atom stereocenters. The Labute approximate surface area is 101 Å². The van der Waals surface area contributed by atoms with Crippen molar-refractivity contribution in [3.63, 3.8) is 0 Å². The lowest BCUT2D eigenvalue weighted by Gasteiger charge is -2.29. The summed E-state index contributed by atoms with van der Waals surface area (Å²) in [7, 11) is 0. The minimum Gasteiger partial charge on any atom is -0.391 e. The number of aliphatic hydroxyl groups is 1. The molecular formula is C13H18N2O2. The van der Waals surface area contributed by atoms with Gasteiger partial charge in [-0.3, -0.25) is 4.79 Å². The van der Waals surface area contributed by atoms with Crippen LogP contribution in [0.15, 0.2) is 18.3 Å². The highest BCUT2D eigenvalue weighted by molar-refractivity contribution is 5.93. The van der Waals surface area contributed by atoms with Gasteiger partial charge in [-0.05, 0) is 37.8 Å². The number of carbonyl (C=O) groups excluding carboxylic acids is 1. The van der Waals surface area contributed by atoms with Gasteiger partial charge in [-0.2, -0.15) is 0 Å². The van der Waals surface area contributed by atoms with E-state index in [4.69, 9.17) is 0 Å². The summed E-state index contributed by atoms with van der Waals surface area (Å²) in [6, 6.07) is 4.35. The smallest absolute Gasteiger partial charge is 0.270 e. The Hall–Kier alpha value is -1.29. The summed E-state index contributed by atoms with van der Waals surface area (Å²) < 4.78 is 2.11. The Morgan fingerprint density at radius 3 is 2.76 bits per heavy atom. The maximum atomic E-state index is 12.3. The SMILES string of the molecule is O=C(c1cccn1C1CCC1)N1CCC(O)C1. The molecule has 1 amide bonds. The first-order valence-electron chi connectivity index (χ1n) is 6.40. The molecule has 1 atom stereocenters. The molecule has 92 valence electrons. The highest BCUT2D eigenvalue weighted by atomic mass is 16.3. The number of aliphatic hydroxyl groups excluding tert-OH is 1. The Morgan fingerprint density at radius 2 is 2.18 bits per heavy atom. The van der Waals surface area contributed by atoms with Gasteiger partial charge in [0.25, 0.3) is 5.91 Å². The van der Waals surface area contributed by atoms with Crippen molar-refractivity contribution in [1.82, 2.24) is 9.47 Å². The largest absolute Gasteiger partial charge is 0.391 e. The highest BCUT2D eigenvalue weighted by Gasteiger charge is 2.29. The average molecular weight is 234 g/mol. The van der Waals surface area contributed by atoms with Gasteiger partial charge in [0.1, 0.15) is 5.69 Å². The molecule has 0 bridgehead atoms. The van der Waals surface area contributed by atoms with Gasteiger partial charge in [-0.25, -0.2) is 0 Å². The van der Waals surface area contributed by atoms with Gasteiger partial charge >= 0.3 is 0 Å². The summed E-state index contributed by atoms with van der Waals surface area (Å²) in [5.41, 5.74) is 0.781. The van der Waals surface area contributed by atoms with Gasteiger partial charge in [0.2, 0.25) is 0 Å².